The van der Waals surface area contributed by atoms with Crippen molar-refractivity contribution in [1.82, 2.24) is 4.90 Å². The molecule has 0 aliphatic heterocycles. The Morgan fingerprint density at radius 3 is 2.41 bits per heavy atom. The second-order valence-corrected chi connectivity index (χ2v) is 4.51. The average molecular weight is 253 g/mol. The molecule has 6 heteroatoms. The lowest BCUT2D eigenvalue weighted by atomic mass is 10.1. The standard InChI is InChI=1S/C11H18F3NO2/c1-2-3-6-15(8-4-5-8)7-9(10(16)17)11(12,13)14/h8-9H,2-7H2,1H3,(H,16,17). The van der Waals surface area contributed by atoms with E-state index in [1.54, 1.807) is 4.90 Å². The Balaban J connectivity index is 2.59. The van der Waals surface area contributed by atoms with Gasteiger partial charge in [-0.25, -0.2) is 0 Å². The van der Waals surface area contributed by atoms with Crippen molar-refractivity contribution < 1.29 is 23.1 Å². The van der Waals surface area contributed by atoms with Crippen molar-refractivity contribution in [3.8, 4) is 0 Å². The number of unbranched alkanes of at least 4 members (excludes halogenated alkanes) is 1. The summed E-state index contributed by atoms with van der Waals surface area (Å²) in [7, 11) is 0. The fourth-order valence-electron chi connectivity index (χ4n) is 1.78. The maximum Gasteiger partial charge on any atom is 0.403 e. The minimum absolute atomic E-state index is 0.158. The number of alkyl halides is 3. The number of hydrogen-bond acceptors (Lipinski definition) is 2. The summed E-state index contributed by atoms with van der Waals surface area (Å²) in [4.78, 5) is 12.3. The first-order valence-electron chi connectivity index (χ1n) is 5.89. The van der Waals surface area contributed by atoms with E-state index in [9.17, 15) is 18.0 Å². The lowest BCUT2D eigenvalue weighted by Gasteiger charge is -2.26. The first-order chi connectivity index (χ1) is 7.86. The first-order valence-corrected chi connectivity index (χ1v) is 5.89. The van der Waals surface area contributed by atoms with E-state index in [1.165, 1.54) is 0 Å². The van der Waals surface area contributed by atoms with Crippen LogP contribution in [0.4, 0.5) is 13.2 Å². The third-order valence-corrected chi connectivity index (χ3v) is 2.97. The lowest BCUT2D eigenvalue weighted by molar-refractivity contribution is -0.196. The fraction of sp³-hybridized carbons (Fsp3) is 0.909. The van der Waals surface area contributed by atoms with Crippen LogP contribution in [0.25, 0.3) is 0 Å². The highest BCUT2D eigenvalue weighted by molar-refractivity contribution is 5.71. The zero-order valence-electron chi connectivity index (χ0n) is 9.83. The van der Waals surface area contributed by atoms with Crippen molar-refractivity contribution in [3.05, 3.63) is 0 Å². The third-order valence-electron chi connectivity index (χ3n) is 2.97. The average Bonchev–Trinajstić information content (AvgIpc) is 2.99. The molecule has 1 rings (SSSR count). The summed E-state index contributed by atoms with van der Waals surface area (Å²) in [6.07, 6.45) is -1.19. The number of halogens is 3. The molecule has 1 aliphatic carbocycles. The maximum atomic E-state index is 12.5. The summed E-state index contributed by atoms with van der Waals surface area (Å²) in [5.41, 5.74) is 0. The van der Waals surface area contributed by atoms with E-state index in [4.69, 9.17) is 5.11 Å². The fourth-order valence-corrected chi connectivity index (χ4v) is 1.78. The van der Waals surface area contributed by atoms with Gasteiger partial charge in [0.05, 0.1) is 0 Å². The van der Waals surface area contributed by atoms with Crippen molar-refractivity contribution in [1.29, 1.82) is 0 Å². The molecule has 17 heavy (non-hydrogen) atoms. The van der Waals surface area contributed by atoms with Gasteiger partial charge in [-0.3, -0.25) is 9.69 Å². The molecule has 1 aliphatic rings. The van der Waals surface area contributed by atoms with Crippen LogP contribution in [0.5, 0.6) is 0 Å². The molecular formula is C11H18F3NO2. The summed E-state index contributed by atoms with van der Waals surface area (Å²) in [6, 6.07) is 0.158. The molecule has 0 saturated heterocycles. The van der Waals surface area contributed by atoms with E-state index < -0.39 is 24.6 Å². The molecule has 1 saturated carbocycles. The third kappa shape index (κ3) is 4.53. The molecule has 100 valence electrons. The Bertz CT molecular complexity index is 264. The van der Waals surface area contributed by atoms with Gasteiger partial charge in [-0.15, -0.1) is 0 Å². The van der Waals surface area contributed by atoms with Crippen LogP contribution >= 0.6 is 0 Å². The van der Waals surface area contributed by atoms with E-state index in [0.29, 0.717) is 6.54 Å². The molecular weight excluding hydrogens is 235 g/mol. The molecule has 0 heterocycles. The number of aliphatic carboxylic acids is 1. The van der Waals surface area contributed by atoms with Crippen LogP contribution in [0, 0.1) is 5.92 Å². The van der Waals surface area contributed by atoms with Crippen LogP contribution in [0.1, 0.15) is 32.6 Å². The van der Waals surface area contributed by atoms with Gasteiger partial charge >= 0.3 is 12.1 Å². The minimum atomic E-state index is -4.66. The molecule has 3 nitrogen and oxygen atoms in total. The highest BCUT2D eigenvalue weighted by Crippen LogP contribution is 2.32. The molecule has 1 N–H and O–H groups in total. The Morgan fingerprint density at radius 2 is 2.06 bits per heavy atom. The molecule has 1 fully saturated rings. The van der Waals surface area contributed by atoms with Crippen LogP contribution in [0.15, 0.2) is 0 Å². The zero-order valence-corrected chi connectivity index (χ0v) is 9.83. The second kappa shape index (κ2) is 5.71. The molecule has 0 aromatic heterocycles. The molecule has 1 atom stereocenters. The summed E-state index contributed by atoms with van der Waals surface area (Å²) in [6.45, 7) is 2.11. The highest BCUT2D eigenvalue weighted by atomic mass is 19.4. The van der Waals surface area contributed by atoms with Crippen LogP contribution in [-0.4, -0.2) is 41.3 Å². The van der Waals surface area contributed by atoms with Gasteiger partial charge < -0.3 is 5.11 Å². The van der Waals surface area contributed by atoms with E-state index in [2.05, 4.69) is 0 Å². The summed E-state index contributed by atoms with van der Waals surface area (Å²) in [5, 5.41) is 8.64. The normalized spacial score (nSPS) is 18.4. The number of carboxylic acid groups (broad SMARTS) is 1. The number of carbonyl (C=O) groups is 1. The summed E-state index contributed by atoms with van der Waals surface area (Å²) < 4.78 is 37.6. The van der Waals surface area contributed by atoms with Crippen LogP contribution in [0.2, 0.25) is 0 Å². The first kappa shape index (κ1) is 14.3. The Kier molecular flexibility index (Phi) is 4.80. The van der Waals surface area contributed by atoms with Gasteiger partial charge in [-0.1, -0.05) is 13.3 Å². The van der Waals surface area contributed by atoms with E-state index >= 15 is 0 Å². The molecule has 1 unspecified atom stereocenters. The number of hydrogen-bond donors (Lipinski definition) is 1. The molecule has 0 amide bonds. The van der Waals surface area contributed by atoms with Gasteiger partial charge in [-0.2, -0.15) is 13.2 Å². The van der Waals surface area contributed by atoms with E-state index in [0.717, 1.165) is 25.7 Å². The smallest absolute Gasteiger partial charge is 0.403 e. The molecule has 0 bridgehead atoms. The van der Waals surface area contributed by atoms with E-state index in [-0.39, 0.29) is 6.04 Å². The maximum absolute atomic E-state index is 12.5. The lowest BCUT2D eigenvalue weighted by Crippen LogP contribution is -2.42. The predicted octanol–water partition coefficient (Wildman–Crippen LogP) is 2.51. The SMILES string of the molecule is CCCCN(CC(C(=O)O)C(F)(F)F)C1CC1. The molecule has 0 radical (unpaired) electrons. The van der Waals surface area contributed by atoms with Gasteiger partial charge in [0.25, 0.3) is 0 Å². The van der Waals surface area contributed by atoms with Gasteiger partial charge in [0.15, 0.2) is 5.92 Å². The Hall–Kier alpha value is -0.780. The number of rotatable bonds is 7. The van der Waals surface area contributed by atoms with Gasteiger partial charge in [-0.05, 0) is 25.8 Å². The topological polar surface area (TPSA) is 40.5 Å². The monoisotopic (exact) mass is 253 g/mol. The minimum Gasteiger partial charge on any atom is -0.481 e. The molecule has 0 aromatic rings. The Labute approximate surface area is 98.6 Å². The molecule has 0 spiro atoms. The van der Waals surface area contributed by atoms with Crippen LogP contribution in [0.3, 0.4) is 0 Å². The van der Waals surface area contributed by atoms with Gasteiger partial charge in [0.2, 0.25) is 0 Å². The van der Waals surface area contributed by atoms with Crippen molar-refractivity contribution in [2.24, 2.45) is 5.92 Å². The Morgan fingerprint density at radius 1 is 1.47 bits per heavy atom. The van der Waals surface area contributed by atoms with Gasteiger partial charge in [0.1, 0.15) is 0 Å². The molecule has 0 aromatic carbocycles. The summed E-state index contributed by atoms with van der Waals surface area (Å²) >= 11 is 0. The van der Waals surface area contributed by atoms with Gasteiger partial charge in [0, 0.05) is 12.6 Å². The van der Waals surface area contributed by atoms with Crippen molar-refractivity contribution in [2.45, 2.75) is 44.8 Å². The number of carboxylic acids is 1. The zero-order chi connectivity index (χ0) is 13.1. The van der Waals surface area contributed by atoms with Crippen LogP contribution < -0.4 is 0 Å². The van der Waals surface area contributed by atoms with E-state index in [1.807, 2.05) is 6.92 Å². The highest BCUT2D eigenvalue weighted by Gasteiger charge is 2.47. The van der Waals surface area contributed by atoms with Crippen LogP contribution in [-0.2, 0) is 4.79 Å². The van der Waals surface area contributed by atoms with Crippen molar-refractivity contribution >= 4 is 5.97 Å². The summed E-state index contributed by atoms with van der Waals surface area (Å²) in [5.74, 6) is -4.04. The second-order valence-electron chi connectivity index (χ2n) is 4.51. The predicted molar refractivity (Wildman–Crippen MR) is 56.7 cm³/mol. The van der Waals surface area contributed by atoms with Crippen molar-refractivity contribution in [2.75, 3.05) is 13.1 Å². The van der Waals surface area contributed by atoms with Crippen molar-refractivity contribution in [3.63, 3.8) is 0 Å². The quantitative estimate of drug-likeness (QED) is 0.758. The number of nitrogens with zero attached hydrogens (tertiary/aromatic N) is 1. The largest absolute Gasteiger partial charge is 0.481 e.